The summed E-state index contributed by atoms with van der Waals surface area (Å²) in [6.07, 6.45) is 4.89. The van der Waals surface area contributed by atoms with Crippen molar-refractivity contribution in [2.24, 2.45) is 29.6 Å². The summed E-state index contributed by atoms with van der Waals surface area (Å²) in [6.45, 7) is 6.65. The molecule has 0 aromatic heterocycles. The Labute approximate surface area is 133 Å². The number of thiol groups is 2. The van der Waals surface area contributed by atoms with Crippen molar-refractivity contribution < 1.29 is 4.79 Å². The summed E-state index contributed by atoms with van der Waals surface area (Å²) in [5.74, 6) is 3.00. The second kappa shape index (κ2) is 5.39. The van der Waals surface area contributed by atoms with E-state index in [4.69, 9.17) is 12.6 Å². The van der Waals surface area contributed by atoms with Crippen LogP contribution in [-0.2, 0) is 4.79 Å². The Morgan fingerprint density at radius 1 is 1.05 bits per heavy atom. The number of rotatable bonds is 6. The van der Waals surface area contributed by atoms with Gasteiger partial charge < -0.3 is 0 Å². The van der Waals surface area contributed by atoms with Crippen LogP contribution in [0.4, 0.5) is 0 Å². The Bertz CT molecular complexity index is 450. The third-order valence-corrected chi connectivity index (χ3v) is 6.97. The van der Waals surface area contributed by atoms with Crippen LogP contribution in [0.1, 0.15) is 46.5 Å². The van der Waals surface area contributed by atoms with Crippen molar-refractivity contribution in [1.29, 1.82) is 0 Å². The van der Waals surface area contributed by atoms with Crippen molar-refractivity contribution in [3.05, 3.63) is 11.1 Å². The Balaban J connectivity index is 1.68. The van der Waals surface area contributed by atoms with E-state index in [1.807, 2.05) is 0 Å². The van der Waals surface area contributed by atoms with Gasteiger partial charge in [0.15, 0.2) is 0 Å². The second-order valence-corrected chi connectivity index (χ2v) is 8.46. The molecule has 3 rings (SSSR count). The first kappa shape index (κ1) is 15.0. The van der Waals surface area contributed by atoms with Crippen molar-refractivity contribution in [3.63, 3.8) is 0 Å². The molecular weight excluding hydrogens is 284 g/mol. The van der Waals surface area contributed by atoms with Crippen LogP contribution < -0.4 is 0 Å². The zero-order valence-corrected chi connectivity index (χ0v) is 14.5. The third kappa shape index (κ3) is 2.85. The molecule has 7 unspecified atom stereocenters. The maximum absolute atomic E-state index is 12.4. The van der Waals surface area contributed by atoms with Gasteiger partial charge >= 0.3 is 0 Å². The quantitative estimate of drug-likeness (QED) is 0.556. The molecule has 3 heteroatoms. The number of ketones is 1. The highest BCUT2D eigenvalue weighted by Crippen LogP contribution is 2.53. The minimum atomic E-state index is -0.143. The molecule has 0 aliphatic heterocycles. The van der Waals surface area contributed by atoms with Crippen molar-refractivity contribution in [3.8, 4) is 0 Å². The predicted molar refractivity (Wildman–Crippen MR) is 90.5 cm³/mol. The van der Waals surface area contributed by atoms with Crippen LogP contribution in [0.2, 0.25) is 0 Å². The highest BCUT2D eigenvalue weighted by atomic mass is 32.1. The lowest BCUT2D eigenvalue weighted by atomic mass is 9.90. The fraction of sp³-hybridized carbons (Fsp3) is 0.824. The van der Waals surface area contributed by atoms with Crippen LogP contribution in [0.15, 0.2) is 11.1 Å². The summed E-state index contributed by atoms with van der Waals surface area (Å²) >= 11 is 9.56. The van der Waals surface area contributed by atoms with E-state index in [1.165, 1.54) is 19.3 Å². The number of carbonyl (C=O) groups excluding carboxylic acids is 1. The number of carbonyl (C=O) groups is 1. The number of hydrogen-bond donors (Lipinski definition) is 2. The lowest BCUT2D eigenvalue weighted by Gasteiger charge is -2.27. The molecule has 0 N–H and O–H groups in total. The van der Waals surface area contributed by atoms with E-state index in [-0.39, 0.29) is 22.3 Å². The topological polar surface area (TPSA) is 17.1 Å². The Hall–Kier alpha value is 0.110. The summed E-state index contributed by atoms with van der Waals surface area (Å²) < 4.78 is 0. The maximum Gasteiger partial charge on any atom is 0.149 e. The summed E-state index contributed by atoms with van der Waals surface area (Å²) in [7, 11) is 0. The standard InChI is InChI=1S/C17H26OS2/c1-8-6-12(8)14(11-4-5-11)16(19)10(3)17(20)15(18)13-7-9(13)2/h8-10,12-13,16-17,19-20H,4-7H2,1-3H3. The first-order chi connectivity index (χ1) is 9.41. The minimum Gasteiger partial charge on any atom is -0.298 e. The SMILES string of the molecule is CC1CC1C(=O)C(S)C(C)C(S)C(=C1CC1)C1CC1C. The van der Waals surface area contributed by atoms with E-state index in [0.29, 0.717) is 11.7 Å². The molecule has 7 atom stereocenters. The Morgan fingerprint density at radius 2 is 1.55 bits per heavy atom. The molecule has 0 aromatic rings. The second-order valence-electron chi connectivity index (χ2n) is 7.35. The summed E-state index contributed by atoms with van der Waals surface area (Å²) in [5, 5.41) is 0.0822. The average molecular weight is 311 g/mol. The molecule has 0 bridgehead atoms. The van der Waals surface area contributed by atoms with Crippen molar-refractivity contribution in [2.45, 2.75) is 57.0 Å². The first-order valence-corrected chi connectivity index (χ1v) is 9.06. The minimum absolute atomic E-state index is 0.143. The summed E-state index contributed by atoms with van der Waals surface area (Å²) in [4.78, 5) is 12.4. The van der Waals surface area contributed by atoms with Gasteiger partial charge in [0.05, 0.1) is 5.25 Å². The largest absolute Gasteiger partial charge is 0.298 e. The Kier molecular flexibility index (Phi) is 4.05. The van der Waals surface area contributed by atoms with Crippen molar-refractivity contribution >= 4 is 31.0 Å². The molecule has 0 radical (unpaired) electrons. The molecular formula is C17H26OS2. The Morgan fingerprint density at radius 3 is 1.95 bits per heavy atom. The smallest absolute Gasteiger partial charge is 0.149 e. The van der Waals surface area contributed by atoms with Gasteiger partial charge in [-0.15, -0.1) is 0 Å². The molecule has 20 heavy (non-hydrogen) atoms. The third-order valence-electron chi connectivity index (χ3n) is 5.50. The monoisotopic (exact) mass is 310 g/mol. The van der Waals surface area contributed by atoms with Gasteiger partial charge in [-0.3, -0.25) is 4.79 Å². The van der Waals surface area contributed by atoms with Crippen LogP contribution in [0, 0.1) is 29.6 Å². The average Bonchev–Trinajstić information content (AvgIpc) is 3.24. The number of Topliss-reactive ketones (excluding diaryl/α,β-unsaturated/α-hetero) is 1. The van der Waals surface area contributed by atoms with Gasteiger partial charge in [-0.1, -0.05) is 31.9 Å². The maximum atomic E-state index is 12.4. The molecule has 0 aromatic carbocycles. The van der Waals surface area contributed by atoms with E-state index < -0.39 is 0 Å². The van der Waals surface area contributed by atoms with Crippen LogP contribution in [0.5, 0.6) is 0 Å². The molecule has 112 valence electrons. The zero-order chi connectivity index (χ0) is 14.6. The van der Waals surface area contributed by atoms with Gasteiger partial charge in [0.2, 0.25) is 0 Å². The van der Waals surface area contributed by atoms with E-state index in [0.717, 1.165) is 18.3 Å². The fourth-order valence-corrected chi connectivity index (χ4v) is 4.50. The van der Waals surface area contributed by atoms with E-state index in [2.05, 4.69) is 33.4 Å². The summed E-state index contributed by atoms with van der Waals surface area (Å²) in [6, 6.07) is 0. The zero-order valence-electron chi connectivity index (χ0n) is 12.7. The molecule has 1 nitrogen and oxygen atoms in total. The van der Waals surface area contributed by atoms with E-state index in [9.17, 15) is 4.79 Å². The fourth-order valence-electron chi connectivity index (χ4n) is 3.45. The first-order valence-electron chi connectivity index (χ1n) is 8.03. The van der Waals surface area contributed by atoms with Crippen LogP contribution in [-0.4, -0.2) is 16.3 Å². The van der Waals surface area contributed by atoms with Gasteiger partial charge in [-0.25, -0.2) is 0 Å². The van der Waals surface area contributed by atoms with Gasteiger partial charge in [-0.05, 0) is 49.4 Å². The molecule has 3 saturated carbocycles. The van der Waals surface area contributed by atoms with Gasteiger partial charge in [0.1, 0.15) is 5.78 Å². The molecule has 0 saturated heterocycles. The molecule has 0 amide bonds. The highest BCUT2D eigenvalue weighted by molar-refractivity contribution is 7.82. The number of hydrogen-bond acceptors (Lipinski definition) is 3. The molecule has 0 spiro atoms. The molecule has 3 aliphatic rings. The molecule has 3 aliphatic carbocycles. The molecule has 0 heterocycles. The normalized spacial score (nSPS) is 39.0. The van der Waals surface area contributed by atoms with Crippen LogP contribution in [0.25, 0.3) is 0 Å². The molecule has 3 fully saturated rings. The van der Waals surface area contributed by atoms with Crippen LogP contribution >= 0.6 is 25.3 Å². The van der Waals surface area contributed by atoms with Crippen molar-refractivity contribution in [1.82, 2.24) is 0 Å². The lowest BCUT2D eigenvalue weighted by Crippen LogP contribution is -2.32. The highest BCUT2D eigenvalue weighted by Gasteiger charge is 2.46. The van der Waals surface area contributed by atoms with Crippen molar-refractivity contribution in [2.75, 3.05) is 0 Å². The van der Waals surface area contributed by atoms with E-state index in [1.54, 1.807) is 11.1 Å². The predicted octanol–water partition coefficient (Wildman–Crippen LogP) is 4.19. The van der Waals surface area contributed by atoms with E-state index >= 15 is 0 Å². The van der Waals surface area contributed by atoms with Gasteiger partial charge in [0.25, 0.3) is 0 Å². The van der Waals surface area contributed by atoms with Gasteiger partial charge in [0, 0.05) is 11.2 Å². The number of allylic oxidation sites excluding steroid dienone is 1. The van der Waals surface area contributed by atoms with Crippen LogP contribution in [0.3, 0.4) is 0 Å². The summed E-state index contributed by atoms with van der Waals surface area (Å²) in [5.41, 5.74) is 3.20. The lowest BCUT2D eigenvalue weighted by molar-refractivity contribution is -0.120. The van der Waals surface area contributed by atoms with Gasteiger partial charge in [-0.2, -0.15) is 25.3 Å².